The standard InChI is InChI=1S/C23H21N5O2/c1-14-3-2-4-20(28-14)22-21(26-13-27-22)15-5-6-19-17(9-15)10-18(12-25-19)30-23(29)16-7-8-24-11-16/h2-6,9-10,12-13,16,24H,7-8,11H2,1H3,(H,26,27). The van der Waals surface area contributed by atoms with Gasteiger partial charge < -0.3 is 15.0 Å². The van der Waals surface area contributed by atoms with Crippen LogP contribution in [0.5, 0.6) is 5.75 Å². The molecule has 0 amide bonds. The highest BCUT2D eigenvalue weighted by atomic mass is 16.5. The molecule has 0 bridgehead atoms. The Hall–Kier alpha value is -3.58. The number of nitrogens with zero attached hydrogens (tertiary/aromatic N) is 3. The minimum Gasteiger partial charge on any atom is -0.425 e. The lowest BCUT2D eigenvalue weighted by atomic mass is 10.1. The van der Waals surface area contributed by atoms with Crippen molar-refractivity contribution in [2.45, 2.75) is 13.3 Å². The molecule has 1 atom stereocenters. The third kappa shape index (κ3) is 3.55. The number of carbonyl (C=O) groups is 1. The summed E-state index contributed by atoms with van der Waals surface area (Å²) in [6, 6.07) is 13.7. The van der Waals surface area contributed by atoms with Gasteiger partial charge in [-0.15, -0.1) is 0 Å². The summed E-state index contributed by atoms with van der Waals surface area (Å²) in [7, 11) is 0. The van der Waals surface area contributed by atoms with Crippen LogP contribution < -0.4 is 10.1 Å². The fourth-order valence-electron chi connectivity index (χ4n) is 3.76. The summed E-state index contributed by atoms with van der Waals surface area (Å²) < 4.78 is 5.57. The van der Waals surface area contributed by atoms with E-state index in [4.69, 9.17) is 4.74 Å². The molecule has 7 heteroatoms. The third-order valence-electron chi connectivity index (χ3n) is 5.33. The van der Waals surface area contributed by atoms with E-state index in [9.17, 15) is 4.79 Å². The van der Waals surface area contributed by atoms with Gasteiger partial charge >= 0.3 is 5.97 Å². The number of H-pyrrole nitrogens is 1. The molecule has 1 aromatic carbocycles. The first-order chi connectivity index (χ1) is 14.7. The highest BCUT2D eigenvalue weighted by molar-refractivity contribution is 5.88. The van der Waals surface area contributed by atoms with Gasteiger partial charge in [0.05, 0.1) is 41.0 Å². The quantitative estimate of drug-likeness (QED) is 0.510. The van der Waals surface area contributed by atoms with Crippen LogP contribution in [0.3, 0.4) is 0 Å². The van der Waals surface area contributed by atoms with Crippen LogP contribution in [-0.2, 0) is 4.79 Å². The molecule has 150 valence electrons. The number of aromatic amines is 1. The number of pyridine rings is 2. The van der Waals surface area contributed by atoms with Gasteiger partial charge in [0.2, 0.25) is 0 Å². The number of benzene rings is 1. The molecule has 1 fully saturated rings. The van der Waals surface area contributed by atoms with Gasteiger partial charge in [0, 0.05) is 23.2 Å². The molecule has 0 aliphatic carbocycles. The first-order valence-corrected chi connectivity index (χ1v) is 9.97. The van der Waals surface area contributed by atoms with E-state index in [0.717, 1.165) is 52.2 Å². The van der Waals surface area contributed by atoms with E-state index in [-0.39, 0.29) is 11.9 Å². The molecule has 0 saturated carbocycles. The fraction of sp³-hybridized carbons (Fsp3) is 0.217. The second kappa shape index (κ2) is 7.68. The monoisotopic (exact) mass is 399 g/mol. The Labute approximate surface area is 173 Å². The SMILES string of the molecule is Cc1cccc(-c2[nH]cnc2-c2ccc3ncc(OC(=O)C4CCNC4)cc3c2)n1. The van der Waals surface area contributed by atoms with E-state index in [2.05, 4.69) is 25.3 Å². The lowest BCUT2D eigenvalue weighted by molar-refractivity contribution is -0.138. The van der Waals surface area contributed by atoms with Crippen LogP contribution >= 0.6 is 0 Å². The number of hydrogen-bond donors (Lipinski definition) is 2. The summed E-state index contributed by atoms with van der Waals surface area (Å²) in [6.45, 7) is 3.48. The van der Waals surface area contributed by atoms with Gasteiger partial charge in [-0.3, -0.25) is 14.8 Å². The van der Waals surface area contributed by atoms with Gasteiger partial charge in [0.25, 0.3) is 0 Å². The van der Waals surface area contributed by atoms with Crippen molar-refractivity contribution < 1.29 is 9.53 Å². The third-order valence-corrected chi connectivity index (χ3v) is 5.33. The van der Waals surface area contributed by atoms with Crippen molar-refractivity contribution in [3.05, 3.63) is 60.7 Å². The largest absolute Gasteiger partial charge is 0.425 e. The Morgan fingerprint density at radius 2 is 2.10 bits per heavy atom. The lowest BCUT2D eigenvalue weighted by Gasteiger charge is -2.10. The molecule has 1 aliphatic rings. The summed E-state index contributed by atoms with van der Waals surface area (Å²) in [5.74, 6) is 0.150. The number of rotatable bonds is 4. The first-order valence-electron chi connectivity index (χ1n) is 9.97. The zero-order valence-electron chi connectivity index (χ0n) is 16.6. The summed E-state index contributed by atoms with van der Waals surface area (Å²) in [4.78, 5) is 29.1. The van der Waals surface area contributed by atoms with Crippen LogP contribution in [0.2, 0.25) is 0 Å². The number of esters is 1. The van der Waals surface area contributed by atoms with Crippen LogP contribution in [0, 0.1) is 12.8 Å². The Balaban J connectivity index is 1.48. The van der Waals surface area contributed by atoms with Crippen molar-refractivity contribution >= 4 is 16.9 Å². The molecule has 7 nitrogen and oxygen atoms in total. The highest BCUT2D eigenvalue weighted by Crippen LogP contribution is 2.31. The first kappa shape index (κ1) is 18.4. The van der Waals surface area contributed by atoms with Crippen molar-refractivity contribution in [2.24, 2.45) is 5.92 Å². The van der Waals surface area contributed by atoms with Crippen LogP contribution in [0.15, 0.2) is 55.0 Å². The Kier molecular flexibility index (Phi) is 4.72. The smallest absolute Gasteiger partial charge is 0.315 e. The van der Waals surface area contributed by atoms with Crippen LogP contribution in [0.25, 0.3) is 33.5 Å². The summed E-state index contributed by atoms with van der Waals surface area (Å²) >= 11 is 0. The molecule has 3 aromatic heterocycles. The molecule has 2 N–H and O–H groups in total. The minimum absolute atomic E-state index is 0.0968. The predicted molar refractivity (Wildman–Crippen MR) is 114 cm³/mol. The number of fused-ring (bicyclic) bond motifs is 1. The molecular formula is C23H21N5O2. The average molecular weight is 399 g/mol. The Morgan fingerprint density at radius 1 is 1.17 bits per heavy atom. The average Bonchev–Trinajstić information content (AvgIpc) is 3.45. The number of aryl methyl sites for hydroxylation is 1. The minimum atomic E-state index is -0.211. The van der Waals surface area contributed by atoms with Gasteiger partial charge in [-0.05, 0) is 50.2 Å². The number of carbonyl (C=O) groups excluding carboxylic acids is 1. The zero-order valence-corrected chi connectivity index (χ0v) is 16.6. The molecular weight excluding hydrogens is 378 g/mol. The molecule has 0 spiro atoms. The summed E-state index contributed by atoms with van der Waals surface area (Å²) in [6.07, 6.45) is 4.07. The number of hydrogen-bond acceptors (Lipinski definition) is 6. The van der Waals surface area contributed by atoms with Gasteiger partial charge in [0.15, 0.2) is 0 Å². The van der Waals surface area contributed by atoms with Crippen molar-refractivity contribution in [2.75, 3.05) is 13.1 Å². The van der Waals surface area contributed by atoms with Crippen LogP contribution in [0.1, 0.15) is 12.1 Å². The lowest BCUT2D eigenvalue weighted by Crippen LogP contribution is -2.22. The maximum absolute atomic E-state index is 12.3. The molecule has 30 heavy (non-hydrogen) atoms. The number of aromatic nitrogens is 4. The zero-order chi connectivity index (χ0) is 20.5. The predicted octanol–water partition coefficient (Wildman–Crippen LogP) is 3.51. The topological polar surface area (TPSA) is 92.8 Å². The van der Waals surface area contributed by atoms with Gasteiger partial charge in [0.1, 0.15) is 5.75 Å². The number of nitrogens with one attached hydrogen (secondary N) is 2. The second-order valence-electron chi connectivity index (χ2n) is 7.48. The van der Waals surface area contributed by atoms with Crippen LogP contribution in [0.4, 0.5) is 0 Å². The van der Waals surface area contributed by atoms with Crippen molar-refractivity contribution in [1.82, 2.24) is 25.3 Å². The van der Waals surface area contributed by atoms with E-state index < -0.39 is 0 Å². The van der Waals surface area contributed by atoms with Crippen molar-refractivity contribution in [3.8, 4) is 28.4 Å². The fourth-order valence-corrected chi connectivity index (χ4v) is 3.76. The maximum Gasteiger partial charge on any atom is 0.315 e. The van der Waals surface area contributed by atoms with E-state index in [1.807, 2.05) is 49.4 Å². The Bertz CT molecular complexity index is 1230. The van der Waals surface area contributed by atoms with Crippen molar-refractivity contribution in [3.63, 3.8) is 0 Å². The molecule has 1 aliphatic heterocycles. The van der Waals surface area contributed by atoms with Crippen LogP contribution in [-0.4, -0.2) is 39.0 Å². The molecule has 0 radical (unpaired) electrons. The summed E-state index contributed by atoms with van der Waals surface area (Å²) in [5, 5.41) is 4.07. The van der Waals surface area contributed by atoms with Gasteiger partial charge in [-0.1, -0.05) is 12.1 Å². The highest BCUT2D eigenvalue weighted by Gasteiger charge is 2.24. The normalized spacial score (nSPS) is 16.1. The number of imidazole rings is 1. The van der Waals surface area contributed by atoms with Gasteiger partial charge in [-0.2, -0.15) is 0 Å². The van der Waals surface area contributed by atoms with E-state index in [1.165, 1.54) is 0 Å². The van der Waals surface area contributed by atoms with Gasteiger partial charge in [-0.25, -0.2) is 4.98 Å². The van der Waals surface area contributed by atoms with Crippen molar-refractivity contribution in [1.29, 1.82) is 0 Å². The summed E-state index contributed by atoms with van der Waals surface area (Å²) in [5.41, 5.74) is 5.23. The number of ether oxygens (including phenoxy) is 1. The second-order valence-corrected chi connectivity index (χ2v) is 7.48. The molecule has 4 heterocycles. The van der Waals surface area contributed by atoms with E-state index in [0.29, 0.717) is 12.3 Å². The van der Waals surface area contributed by atoms with E-state index in [1.54, 1.807) is 12.5 Å². The molecule has 1 saturated heterocycles. The molecule has 4 aromatic rings. The molecule has 1 unspecified atom stereocenters. The molecule has 5 rings (SSSR count). The van der Waals surface area contributed by atoms with E-state index >= 15 is 0 Å². The maximum atomic E-state index is 12.3. The Morgan fingerprint density at radius 3 is 2.93 bits per heavy atom.